The van der Waals surface area contributed by atoms with Crippen molar-refractivity contribution in [2.45, 2.75) is 38.6 Å². The van der Waals surface area contributed by atoms with Crippen LogP contribution in [0.2, 0.25) is 0 Å². The molecule has 2 aromatic carbocycles. The topological polar surface area (TPSA) is 76.7 Å². The number of ether oxygens (including phenoxy) is 2. The number of rotatable bonds is 7. The summed E-state index contributed by atoms with van der Waals surface area (Å²) in [5, 5.41) is 5.87. The average molecular weight is 475 g/mol. The lowest BCUT2D eigenvalue weighted by Crippen LogP contribution is -2.25. The third-order valence-electron chi connectivity index (χ3n) is 5.31. The van der Waals surface area contributed by atoms with Crippen LogP contribution < -0.4 is 20.1 Å². The Balaban J connectivity index is 1.63. The summed E-state index contributed by atoms with van der Waals surface area (Å²) in [6.07, 6.45) is 5.29. The fourth-order valence-electron chi connectivity index (χ4n) is 3.71. The van der Waals surface area contributed by atoms with Gasteiger partial charge in [-0.1, -0.05) is 25.3 Å². The van der Waals surface area contributed by atoms with E-state index in [1.54, 1.807) is 32.4 Å². The summed E-state index contributed by atoms with van der Waals surface area (Å²) in [5.74, 6) is 1.09. The Hall–Kier alpha value is -2.54. The SMILES string of the molecule is COc1cc(CNC(=O)c2cccc(NC(=O)C3CCCCC3)c2)cc(Br)c1OC. The molecule has 1 aliphatic carbocycles. The number of carbonyl (C=O) groups excluding carboxylic acids is 2. The van der Waals surface area contributed by atoms with E-state index in [1.807, 2.05) is 18.2 Å². The zero-order valence-electron chi connectivity index (χ0n) is 17.3. The van der Waals surface area contributed by atoms with Gasteiger partial charge in [0.1, 0.15) is 0 Å². The van der Waals surface area contributed by atoms with Crippen LogP contribution in [0.25, 0.3) is 0 Å². The third kappa shape index (κ3) is 5.53. The highest BCUT2D eigenvalue weighted by Gasteiger charge is 2.21. The van der Waals surface area contributed by atoms with Crippen LogP contribution in [0.4, 0.5) is 5.69 Å². The quantitative estimate of drug-likeness (QED) is 0.597. The summed E-state index contributed by atoms with van der Waals surface area (Å²) < 4.78 is 11.4. The molecule has 1 saturated carbocycles. The van der Waals surface area contributed by atoms with Gasteiger partial charge in [-0.25, -0.2) is 0 Å². The number of benzene rings is 2. The number of amides is 2. The van der Waals surface area contributed by atoms with Gasteiger partial charge in [0.25, 0.3) is 5.91 Å². The number of hydrogen-bond acceptors (Lipinski definition) is 4. The average Bonchev–Trinajstić information content (AvgIpc) is 2.77. The Morgan fingerprint density at radius 1 is 1.07 bits per heavy atom. The molecule has 0 aromatic heterocycles. The predicted octanol–water partition coefficient (Wildman–Crippen LogP) is 4.92. The van der Waals surface area contributed by atoms with Crippen molar-refractivity contribution >= 4 is 33.4 Å². The van der Waals surface area contributed by atoms with E-state index in [9.17, 15) is 9.59 Å². The molecule has 2 aromatic rings. The van der Waals surface area contributed by atoms with Crippen LogP contribution >= 0.6 is 15.9 Å². The Morgan fingerprint density at radius 3 is 2.53 bits per heavy atom. The fraction of sp³-hybridized carbons (Fsp3) is 0.391. The minimum absolute atomic E-state index is 0.0439. The second-order valence-corrected chi connectivity index (χ2v) is 8.26. The summed E-state index contributed by atoms with van der Waals surface area (Å²) >= 11 is 3.46. The van der Waals surface area contributed by atoms with Crippen LogP contribution in [0.3, 0.4) is 0 Å². The first-order valence-corrected chi connectivity index (χ1v) is 10.9. The van der Waals surface area contributed by atoms with Crippen LogP contribution in [0.1, 0.15) is 48.0 Å². The maximum Gasteiger partial charge on any atom is 0.251 e. The van der Waals surface area contributed by atoms with Crippen molar-refractivity contribution in [3.63, 3.8) is 0 Å². The van der Waals surface area contributed by atoms with Crippen LogP contribution in [0.15, 0.2) is 40.9 Å². The minimum atomic E-state index is -0.213. The molecular formula is C23H27BrN2O4. The van der Waals surface area contributed by atoms with Crippen LogP contribution in [0, 0.1) is 5.92 Å². The minimum Gasteiger partial charge on any atom is -0.493 e. The molecule has 160 valence electrons. The molecule has 0 saturated heterocycles. The molecule has 0 aliphatic heterocycles. The van der Waals surface area contributed by atoms with E-state index in [2.05, 4.69) is 26.6 Å². The van der Waals surface area contributed by atoms with Crippen molar-refractivity contribution in [2.75, 3.05) is 19.5 Å². The molecular weight excluding hydrogens is 448 g/mol. The van der Waals surface area contributed by atoms with Gasteiger partial charge in [-0.2, -0.15) is 0 Å². The summed E-state index contributed by atoms with van der Waals surface area (Å²) in [4.78, 5) is 25.1. The Morgan fingerprint density at radius 2 is 1.83 bits per heavy atom. The van der Waals surface area contributed by atoms with E-state index >= 15 is 0 Å². The number of anilines is 1. The van der Waals surface area contributed by atoms with Crippen molar-refractivity contribution in [2.24, 2.45) is 5.92 Å². The van der Waals surface area contributed by atoms with E-state index in [0.29, 0.717) is 29.3 Å². The fourth-order valence-corrected chi connectivity index (χ4v) is 4.36. The molecule has 1 fully saturated rings. The Kier molecular flexibility index (Phi) is 7.74. The van der Waals surface area contributed by atoms with Crippen LogP contribution in [0.5, 0.6) is 11.5 Å². The lowest BCUT2D eigenvalue weighted by molar-refractivity contribution is -0.120. The molecule has 7 heteroatoms. The molecule has 0 atom stereocenters. The largest absolute Gasteiger partial charge is 0.493 e. The number of methoxy groups -OCH3 is 2. The summed E-state index contributed by atoms with van der Waals surface area (Å²) in [6, 6.07) is 10.7. The molecule has 0 unspecified atom stereocenters. The van der Waals surface area contributed by atoms with E-state index in [4.69, 9.17) is 9.47 Å². The molecule has 3 rings (SSSR count). The molecule has 30 heavy (non-hydrogen) atoms. The molecule has 2 N–H and O–H groups in total. The molecule has 6 nitrogen and oxygen atoms in total. The second kappa shape index (κ2) is 10.5. The lowest BCUT2D eigenvalue weighted by atomic mass is 9.88. The van der Waals surface area contributed by atoms with Gasteiger partial charge in [-0.3, -0.25) is 9.59 Å². The molecule has 0 spiro atoms. The van der Waals surface area contributed by atoms with Crippen molar-refractivity contribution in [3.8, 4) is 11.5 Å². The van der Waals surface area contributed by atoms with Crippen molar-refractivity contribution in [1.82, 2.24) is 5.32 Å². The Labute approximate surface area is 185 Å². The van der Waals surface area contributed by atoms with E-state index < -0.39 is 0 Å². The van der Waals surface area contributed by atoms with Crippen molar-refractivity contribution in [3.05, 3.63) is 52.0 Å². The third-order valence-corrected chi connectivity index (χ3v) is 5.90. The predicted molar refractivity (Wildman–Crippen MR) is 120 cm³/mol. The number of hydrogen-bond donors (Lipinski definition) is 2. The molecule has 2 amide bonds. The maximum absolute atomic E-state index is 12.6. The van der Waals surface area contributed by atoms with E-state index in [-0.39, 0.29) is 17.7 Å². The number of carbonyl (C=O) groups is 2. The Bertz CT molecular complexity index is 910. The first kappa shape index (κ1) is 22.2. The molecule has 0 heterocycles. The summed E-state index contributed by atoms with van der Waals surface area (Å²) in [7, 11) is 3.14. The van der Waals surface area contributed by atoms with Crippen molar-refractivity contribution in [1.29, 1.82) is 0 Å². The van der Waals surface area contributed by atoms with Gasteiger partial charge in [-0.05, 0) is 64.7 Å². The van der Waals surface area contributed by atoms with E-state index in [1.165, 1.54) is 6.42 Å². The standard InChI is InChI=1S/C23H27BrN2O4/c1-29-20-12-15(11-19(24)21(20)30-2)14-25-22(27)17-9-6-10-18(13-17)26-23(28)16-7-4-3-5-8-16/h6,9-13,16H,3-5,7-8,14H2,1-2H3,(H,25,27)(H,26,28). The van der Waals surface area contributed by atoms with Crippen molar-refractivity contribution < 1.29 is 19.1 Å². The lowest BCUT2D eigenvalue weighted by Gasteiger charge is -2.20. The van der Waals surface area contributed by atoms with Gasteiger partial charge in [0.15, 0.2) is 11.5 Å². The van der Waals surface area contributed by atoms with Crippen LogP contribution in [-0.2, 0) is 11.3 Å². The second-order valence-electron chi connectivity index (χ2n) is 7.40. The van der Waals surface area contributed by atoms with Gasteiger partial charge < -0.3 is 20.1 Å². The molecule has 0 radical (unpaired) electrons. The smallest absolute Gasteiger partial charge is 0.251 e. The normalized spacial score (nSPS) is 14.1. The van der Waals surface area contributed by atoms with Gasteiger partial charge in [0.05, 0.1) is 18.7 Å². The van der Waals surface area contributed by atoms with Gasteiger partial charge in [-0.15, -0.1) is 0 Å². The zero-order valence-corrected chi connectivity index (χ0v) is 18.9. The van der Waals surface area contributed by atoms with Crippen LogP contribution in [-0.4, -0.2) is 26.0 Å². The first-order chi connectivity index (χ1) is 14.5. The zero-order chi connectivity index (χ0) is 21.5. The summed E-state index contributed by atoms with van der Waals surface area (Å²) in [5.41, 5.74) is 2.01. The highest BCUT2D eigenvalue weighted by Crippen LogP contribution is 2.36. The molecule has 1 aliphatic rings. The van der Waals surface area contributed by atoms with Gasteiger partial charge >= 0.3 is 0 Å². The van der Waals surface area contributed by atoms with Gasteiger partial charge in [0, 0.05) is 23.7 Å². The highest BCUT2D eigenvalue weighted by molar-refractivity contribution is 9.10. The number of halogens is 1. The first-order valence-electron chi connectivity index (χ1n) is 10.1. The maximum atomic E-state index is 12.6. The monoisotopic (exact) mass is 474 g/mol. The highest BCUT2D eigenvalue weighted by atomic mass is 79.9. The number of nitrogens with one attached hydrogen (secondary N) is 2. The van der Waals surface area contributed by atoms with Gasteiger partial charge in [0.2, 0.25) is 5.91 Å². The molecule has 0 bridgehead atoms. The van der Waals surface area contributed by atoms with E-state index in [0.717, 1.165) is 35.7 Å². The summed E-state index contributed by atoms with van der Waals surface area (Å²) in [6.45, 7) is 0.330.